The molecule has 0 saturated carbocycles. The molecule has 0 spiro atoms. The first-order valence-electron chi connectivity index (χ1n) is 6.97. The summed E-state index contributed by atoms with van der Waals surface area (Å²) in [5.74, 6) is -0.250. The van der Waals surface area contributed by atoms with Crippen LogP contribution in [0, 0.1) is 5.92 Å². The molecule has 1 aliphatic rings. The minimum absolute atomic E-state index is 0.00239. The second kappa shape index (κ2) is 5.84. The Morgan fingerprint density at radius 1 is 1.48 bits per heavy atom. The maximum absolute atomic E-state index is 12.4. The molecule has 21 heavy (non-hydrogen) atoms. The van der Waals surface area contributed by atoms with E-state index >= 15 is 0 Å². The summed E-state index contributed by atoms with van der Waals surface area (Å²) < 4.78 is 24.7. The maximum Gasteiger partial charge on any atom is 0.261 e. The third kappa shape index (κ3) is 3.01. The number of carbonyl (C=O) groups excluding carboxylic acids is 1. The van der Waals surface area contributed by atoms with Crippen LogP contribution in [0.25, 0.3) is 0 Å². The number of amides is 1. The lowest BCUT2D eigenvalue weighted by molar-refractivity contribution is 0.100. The molecule has 1 unspecified atom stereocenters. The highest BCUT2D eigenvalue weighted by atomic mass is 32.2. The molecule has 1 atom stereocenters. The molecular formula is C13H21N3O3S2. The lowest BCUT2D eigenvalue weighted by Gasteiger charge is -2.32. The van der Waals surface area contributed by atoms with Gasteiger partial charge in [-0.25, -0.2) is 8.42 Å². The molecule has 1 aromatic rings. The Morgan fingerprint density at radius 3 is 2.67 bits per heavy atom. The zero-order valence-electron chi connectivity index (χ0n) is 12.3. The Bertz CT molecular complexity index is 652. The molecule has 2 heterocycles. The van der Waals surface area contributed by atoms with Crippen molar-refractivity contribution in [3.8, 4) is 0 Å². The number of primary amides is 1. The molecule has 1 fully saturated rings. The van der Waals surface area contributed by atoms with Crippen LogP contribution in [0.15, 0.2) is 4.90 Å². The number of hydrogen-bond donors (Lipinski definition) is 2. The van der Waals surface area contributed by atoms with Gasteiger partial charge in [0.1, 0.15) is 14.8 Å². The van der Waals surface area contributed by atoms with E-state index in [4.69, 9.17) is 11.5 Å². The number of nitrogens with zero attached hydrogens (tertiary/aromatic N) is 1. The highest BCUT2D eigenvalue weighted by Crippen LogP contribution is 2.43. The van der Waals surface area contributed by atoms with Crippen LogP contribution < -0.4 is 16.4 Å². The highest BCUT2D eigenvalue weighted by Gasteiger charge is 2.31. The molecule has 118 valence electrons. The standard InChI is InChI=1S/C13H21N3O3S2/c1-3-21(18,19)11-9(14)10(12(15)17)20-13(11)16-6-4-5-8(2)7-16/h8H,3-7,14H2,1-2H3,(H2,15,17). The summed E-state index contributed by atoms with van der Waals surface area (Å²) in [6.07, 6.45) is 2.12. The quantitative estimate of drug-likeness (QED) is 0.868. The minimum atomic E-state index is -3.50. The summed E-state index contributed by atoms with van der Waals surface area (Å²) in [5.41, 5.74) is 11.2. The van der Waals surface area contributed by atoms with Gasteiger partial charge < -0.3 is 16.4 Å². The van der Waals surface area contributed by atoms with Crippen molar-refractivity contribution >= 4 is 37.8 Å². The number of thiophene rings is 1. The second-order valence-electron chi connectivity index (χ2n) is 5.44. The normalized spacial score (nSPS) is 19.7. The topological polar surface area (TPSA) is 106 Å². The minimum Gasteiger partial charge on any atom is -0.396 e. The van der Waals surface area contributed by atoms with Gasteiger partial charge in [0.05, 0.1) is 11.4 Å². The Kier molecular flexibility index (Phi) is 4.48. The van der Waals surface area contributed by atoms with Crippen LogP contribution in [0.1, 0.15) is 36.4 Å². The van der Waals surface area contributed by atoms with E-state index in [-0.39, 0.29) is 21.2 Å². The van der Waals surface area contributed by atoms with Crippen LogP contribution in [0.5, 0.6) is 0 Å². The third-order valence-electron chi connectivity index (χ3n) is 3.74. The Hall–Kier alpha value is -1.28. The molecule has 0 aliphatic carbocycles. The summed E-state index contributed by atoms with van der Waals surface area (Å²) >= 11 is 1.09. The van der Waals surface area contributed by atoms with Crippen molar-refractivity contribution in [1.29, 1.82) is 0 Å². The monoisotopic (exact) mass is 331 g/mol. The first kappa shape index (κ1) is 16.1. The lowest BCUT2D eigenvalue weighted by Crippen LogP contribution is -2.34. The van der Waals surface area contributed by atoms with Gasteiger partial charge in [0.25, 0.3) is 5.91 Å². The Morgan fingerprint density at radius 2 is 2.14 bits per heavy atom. The predicted octanol–water partition coefficient (Wildman–Crippen LogP) is 1.46. The van der Waals surface area contributed by atoms with Gasteiger partial charge in [-0.1, -0.05) is 13.8 Å². The number of piperidine rings is 1. The number of hydrogen-bond acceptors (Lipinski definition) is 6. The van der Waals surface area contributed by atoms with Crippen LogP contribution in [0.3, 0.4) is 0 Å². The zero-order chi connectivity index (χ0) is 15.8. The fourth-order valence-electron chi connectivity index (χ4n) is 2.63. The molecule has 1 aromatic heterocycles. The summed E-state index contributed by atoms with van der Waals surface area (Å²) in [5, 5.41) is 0.565. The van der Waals surface area contributed by atoms with Gasteiger partial charge in [-0.2, -0.15) is 0 Å². The highest BCUT2D eigenvalue weighted by molar-refractivity contribution is 7.92. The number of sulfone groups is 1. The first-order chi connectivity index (χ1) is 9.77. The number of anilines is 2. The smallest absolute Gasteiger partial charge is 0.261 e. The van der Waals surface area contributed by atoms with Gasteiger partial charge in [0, 0.05) is 13.1 Å². The largest absolute Gasteiger partial charge is 0.396 e. The van der Waals surface area contributed by atoms with Crippen LogP contribution in [0.4, 0.5) is 10.7 Å². The Labute approximate surface area is 129 Å². The molecule has 6 nitrogen and oxygen atoms in total. The fraction of sp³-hybridized carbons (Fsp3) is 0.615. The van der Waals surface area contributed by atoms with E-state index in [2.05, 4.69) is 6.92 Å². The fourth-order valence-corrected chi connectivity index (χ4v) is 5.32. The maximum atomic E-state index is 12.4. The van der Waals surface area contributed by atoms with E-state index in [1.54, 1.807) is 6.92 Å². The van der Waals surface area contributed by atoms with Crippen molar-refractivity contribution in [3.05, 3.63) is 4.88 Å². The summed E-state index contributed by atoms with van der Waals surface area (Å²) in [4.78, 5) is 13.7. The molecule has 8 heteroatoms. The van der Waals surface area contributed by atoms with E-state index in [1.165, 1.54) is 0 Å². The number of nitrogen functional groups attached to an aromatic ring is 1. The van der Waals surface area contributed by atoms with Crippen molar-refractivity contribution in [2.45, 2.75) is 31.6 Å². The average Bonchev–Trinajstić information content (AvgIpc) is 2.77. The molecule has 0 bridgehead atoms. The molecule has 1 amide bonds. The molecule has 1 aliphatic heterocycles. The van der Waals surface area contributed by atoms with Gasteiger partial charge >= 0.3 is 0 Å². The summed E-state index contributed by atoms with van der Waals surface area (Å²) in [6, 6.07) is 0. The summed E-state index contributed by atoms with van der Waals surface area (Å²) in [7, 11) is -3.50. The van der Waals surface area contributed by atoms with Crippen molar-refractivity contribution in [3.63, 3.8) is 0 Å². The second-order valence-corrected chi connectivity index (χ2v) is 8.65. The van der Waals surface area contributed by atoms with Crippen molar-refractivity contribution in [2.24, 2.45) is 11.7 Å². The lowest BCUT2D eigenvalue weighted by atomic mass is 10.0. The molecule has 0 aromatic carbocycles. The van der Waals surface area contributed by atoms with Crippen LogP contribution in [-0.2, 0) is 9.84 Å². The molecule has 0 radical (unpaired) electrons. The van der Waals surface area contributed by atoms with E-state index < -0.39 is 15.7 Å². The van der Waals surface area contributed by atoms with Gasteiger partial charge in [-0.05, 0) is 18.8 Å². The van der Waals surface area contributed by atoms with E-state index in [0.29, 0.717) is 10.9 Å². The van der Waals surface area contributed by atoms with E-state index in [1.807, 2.05) is 4.90 Å². The summed E-state index contributed by atoms with van der Waals surface area (Å²) in [6.45, 7) is 5.24. The van der Waals surface area contributed by atoms with Crippen molar-refractivity contribution in [1.82, 2.24) is 0 Å². The van der Waals surface area contributed by atoms with Crippen LogP contribution in [-0.4, -0.2) is 33.2 Å². The molecular weight excluding hydrogens is 310 g/mol. The van der Waals surface area contributed by atoms with Gasteiger partial charge in [0.15, 0.2) is 9.84 Å². The van der Waals surface area contributed by atoms with E-state index in [9.17, 15) is 13.2 Å². The molecule has 4 N–H and O–H groups in total. The van der Waals surface area contributed by atoms with Gasteiger partial charge in [-0.15, -0.1) is 11.3 Å². The van der Waals surface area contributed by atoms with Crippen LogP contribution >= 0.6 is 11.3 Å². The van der Waals surface area contributed by atoms with Crippen LogP contribution in [0.2, 0.25) is 0 Å². The molecule has 1 saturated heterocycles. The average molecular weight is 331 g/mol. The molecule has 2 rings (SSSR count). The van der Waals surface area contributed by atoms with Crippen molar-refractivity contribution < 1.29 is 13.2 Å². The Balaban J connectivity index is 2.59. The SMILES string of the molecule is CCS(=O)(=O)c1c(N2CCCC(C)C2)sc(C(N)=O)c1N. The van der Waals surface area contributed by atoms with Crippen molar-refractivity contribution in [2.75, 3.05) is 29.5 Å². The number of rotatable bonds is 4. The zero-order valence-corrected chi connectivity index (χ0v) is 13.9. The third-order valence-corrected chi connectivity index (χ3v) is 6.95. The number of nitrogens with two attached hydrogens (primary N) is 2. The first-order valence-corrected chi connectivity index (χ1v) is 9.44. The van der Waals surface area contributed by atoms with E-state index in [0.717, 1.165) is 37.3 Å². The van der Waals surface area contributed by atoms with Gasteiger partial charge in [0.2, 0.25) is 0 Å². The predicted molar refractivity (Wildman–Crippen MR) is 85.6 cm³/mol. The van der Waals surface area contributed by atoms with Gasteiger partial charge in [-0.3, -0.25) is 4.79 Å². The number of carbonyl (C=O) groups is 1.